The number of halogens is 1. The number of amides is 1. The number of carboxylic acid groups (broad SMARTS) is 1. The van der Waals surface area contributed by atoms with E-state index in [1.165, 1.54) is 12.1 Å². The van der Waals surface area contributed by atoms with Crippen molar-refractivity contribution in [3.8, 4) is 0 Å². The molecule has 2 rings (SSSR count). The van der Waals surface area contributed by atoms with Gasteiger partial charge in [-0.25, -0.2) is 4.39 Å². The van der Waals surface area contributed by atoms with Gasteiger partial charge < -0.3 is 10.4 Å². The largest absolute Gasteiger partial charge is 0.481 e. The molecule has 19 heavy (non-hydrogen) atoms. The van der Waals surface area contributed by atoms with Gasteiger partial charge in [0, 0.05) is 6.04 Å². The van der Waals surface area contributed by atoms with Gasteiger partial charge in [-0.15, -0.1) is 0 Å². The molecule has 0 radical (unpaired) electrons. The number of hydrogen-bond donors (Lipinski definition) is 2. The zero-order valence-electron chi connectivity index (χ0n) is 10.6. The first kappa shape index (κ1) is 13.5. The minimum absolute atomic E-state index is 0.00405. The summed E-state index contributed by atoms with van der Waals surface area (Å²) in [6.45, 7) is 1.75. The van der Waals surface area contributed by atoms with Crippen molar-refractivity contribution in [3.05, 3.63) is 35.1 Å². The minimum Gasteiger partial charge on any atom is -0.481 e. The molecule has 1 aromatic rings. The Hall–Kier alpha value is -1.91. The number of carbonyl (C=O) groups excluding carboxylic acids is 1. The van der Waals surface area contributed by atoms with Crippen LogP contribution >= 0.6 is 0 Å². The molecule has 0 saturated heterocycles. The standard InChI is InChI=1S/C14H16FNO3/c1-8-2-5-11(12(15)6-8)13(17)16-10-4-3-9(7-10)14(18)19/h2,5-6,9-10H,3-4,7H2,1H3,(H,16,17)(H,18,19)/t9-,10+/m1/s1. The third kappa shape index (κ3) is 3.10. The van der Waals surface area contributed by atoms with E-state index >= 15 is 0 Å². The molecule has 0 spiro atoms. The van der Waals surface area contributed by atoms with E-state index in [9.17, 15) is 14.0 Å². The van der Waals surface area contributed by atoms with Crippen molar-refractivity contribution in [2.45, 2.75) is 32.2 Å². The van der Waals surface area contributed by atoms with E-state index in [-0.39, 0.29) is 11.6 Å². The molecule has 0 aliphatic heterocycles. The van der Waals surface area contributed by atoms with E-state index in [4.69, 9.17) is 5.11 Å². The highest BCUT2D eigenvalue weighted by Crippen LogP contribution is 2.26. The van der Waals surface area contributed by atoms with Crippen LogP contribution in [-0.2, 0) is 4.79 Å². The van der Waals surface area contributed by atoms with Crippen LogP contribution in [-0.4, -0.2) is 23.0 Å². The van der Waals surface area contributed by atoms with Crippen LogP contribution in [0.3, 0.4) is 0 Å². The predicted octanol–water partition coefficient (Wildman–Crippen LogP) is 2.12. The summed E-state index contributed by atoms with van der Waals surface area (Å²) in [5.74, 6) is -2.27. The normalized spacial score (nSPS) is 22.2. The molecule has 2 N–H and O–H groups in total. The van der Waals surface area contributed by atoms with E-state index < -0.39 is 23.6 Å². The third-order valence-electron chi connectivity index (χ3n) is 3.49. The molecular weight excluding hydrogens is 249 g/mol. The smallest absolute Gasteiger partial charge is 0.306 e. The van der Waals surface area contributed by atoms with Crippen LogP contribution in [0.5, 0.6) is 0 Å². The number of carbonyl (C=O) groups is 2. The molecule has 0 aromatic heterocycles. The van der Waals surface area contributed by atoms with Crippen molar-refractivity contribution >= 4 is 11.9 Å². The average Bonchev–Trinajstić information content (AvgIpc) is 2.77. The van der Waals surface area contributed by atoms with Crippen LogP contribution in [0.4, 0.5) is 4.39 Å². The Morgan fingerprint density at radius 3 is 2.68 bits per heavy atom. The Kier molecular flexibility index (Phi) is 3.83. The maximum atomic E-state index is 13.6. The highest BCUT2D eigenvalue weighted by atomic mass is 19.1. The number of nitrogens with one attached hydrogen (secondary N) is 1. The molecule has 4 nitrogen and oxygen atoms in total. The lowest BCUT2D eigenvalue weighted by Gasteiger charge is -2.13. The number of aryl methyl sites for hydroxylation is 1. The summed E-state index contributed by atoms with van der Waals surface area (Å²) in [6, 6.07) is 4.24. The monoisotopic (exact) mass is 265 g/mol. The second kappa shape index (κ2) is 5.38. The Labute approximate surface area is 110 Å². The highest BCUT2D eigenvalue weighted by Gasteiger charge is 2.30. The number of rotatable bonds is 3. The molecule has 0 heterocycles. The maximum absolute atomic E-state index is 13.6. The van der Waals surface area contributed by atoms with Crippen LogP contribution < -0.4 is 5.32 Å². The van der Waals surface area contributed by atoms with Crippen LogP contribution in [0.2, 0.25) is 0 Å². The summed E-state index contributed by atoms with van der Waals surface area (Å²) in [5.41, 5.74) is 0.755. The summed E-state index contributed by atoms with van der Waals surface area (Å²) in [7, 11) is 0. The average molecular weight is 265 g/mol. The lowest BCUT2D eigenvalue weighted by atomic mass is 10.1. The van der Waals surface area contributed by atoms with E-state index in [0.717, 1.165) is 5.56 Å². The van der Waals surface area contributed by atoms with Gasteiger partial charge in [-0.3, -0.25) is 9.59 Å². The first-order chi connectivity index (χ1) is 8.97. The van der Waals surface area contributed by atoms with Crippen molar-refractivity contribution in [1.29, 1.82) is 0 Å². The topological polar surface area (TPSA) is 66.4 Å². The Morgan fingerprint density at radius 2 is 2.11 bits per heavy atom. The van der Waals surface area contributed by atoms with Gasteiger partial charge in [0.1, 0.15) is 5.82 Å². The Morgan fingerprint density at radius 1 is 1.37 bits per heavy atom. The fourth-order valence-electron chi connectivity index (χ4n) is 2.40. The number of hydrogen-bond acceptors (Lipinski definition) is 2. The SMILES string of the molecule is Cc1ccc(C(=O)N[C@H]2CC[C@@H](C(=O)O)C2)c(F)c1. The van der Waals surface area contributed by atoms with E-state index in [1.54, 1.807) is 13.0 Å². The van der Waals surface area contributed by atoms with Crippen LogP contribution in [0.25, 0.3) is 0 Å². The van der Waals surface area contributed by atoms with Gasteiger partial charge in [-0.05, 0) is 43.9 Å². The molecule has 5 heteroatoms. The Bertz CT molecular complexity index is 515. The third-order valence-corrected chi connectivity index (χ3v) is 3.49. The highest BCUT2D eigenvalue weighted by molar-refractivity contribution is 5.94. The van der Waals surface area contributed by atoms with E-state index in [0.29, 0.717) is 19.3 Å². The van der Waals surface area contributed by atoms with Gasteiger partial charge in [0.05, 0.1) is 11.5 Å². The quantitative estimate of drug-likeness (QED) is 0.879. The van der Waals surface area contributed by atoms with Crippen LogP contribution in [0.1, 0.15) is 35.2 Å². The summed E-state index contributed by atoms with van der Waals surface area (Å²) in [6.07, 6.45) is 1.58. The summed E-state index contributed by atoms with van der Waals surface area (Å²) in [4.78, 5) is 22.7. The minimum atomic E-state index is -0.835. The van der Waals surface area contributed by atoms with Crippen molar-refractivity contribution in [1.82, 2.24) is 5.32 Å². The van der Waals surface area contributed by atoms with Gasteiger partial charge in [-0.2, -0.15) is 0 Å². The fraction of sp³-hybridized carbons (Fsp3) is 0.429. The maximum Gasteiger partial charge on any atom is 0.306 e. The predicted molar refractivity (Wildman–Crippen MR) is 67.4 cm³/mol. The molecule has 1 aliphatic carbocycles. The number of aliphatic carboxylic acids is 1. The molecule has 102 valence electrons. The molecule has 1 aromatic carbocycles. The zero-order valence-corrected chi connectivity index (χ0v) is 10.6. The summed E-state index contributed by atoms with van der Waals surface area (Å²) >= 11 is 0. The molecular formula is C14H16FNO3. The van der Waals surface area contributed by atoms with Crippen molar-refractivity contribution in [2.75, 3.05) is 0 Å². The van der Waals surface area contributed by atoms with Crippen molar-refractivity contribution in [3.63, 3.8) is 0 Å². The fourth-order valence-corrected chi connectivity index (χ4v) is 2.40. The van der Waals surface area contributed by atoms with Crippen molar-refractivity contribution < 1.29 is 19.1 Å². The molecule has 0 unspecified atom stereocenters. The van der Waals surface area contributed by atoms with Crippen molar-refractivity contribution in [2.24, 2.45) is 5.92 Å². The molecule has 2 atom stereocenters. The second-order valence-electron chi connectivity index (χ2n) is 5.00. The first-order valence-corrected chi connectivity index (χ1v) is 6.27. The van der Waals surface area contributed by atoms with Gasteiger partial charge in [0.15, 0.2) is 0 Å². The number of carboxylic acids is 1. The molecule has 1 fully saturated rings. The Balaban J connectivity index is 2.00. The summed E-state index contributed by atoms with van der Waals surface area (Å²) < 4.78 is 13.6. The van der Waals surface area contributed by atoms with Crippen LogP contribution in [0.15, 0.2) is 18.2 Å². The van der Waals surface area contributed by atoms with E-state index in [2.05, 4.69) is 5.32 Å². The lowest BCUT2D eigenvalue weighted by molar-refractivity contribution is -0.141. The molecule has 1 aliphatic rings. The van der Waals surface area contributed by atoms with Gasteiger partial charge in [0.2, 0.25) is 0 Å². The number of benzene rings is 1. The first-order valence-electron chi connectivity index (χ1n) is 6.27. The second-order valence-corrected chi connectivity index (χ2v) is 5.00. The van der Waals surface area contributed by atoms with Gasteiger partial charge in [-0.1, -0.05) is 6.07 Å². The summed E-state index contributed by atoms with van der Waals surface area (Å²) in [5, 5.41) is 11.6. The lowest BCUT2D eigenvalue weighted by Crippen LogP contribution is -2.33. The molecule has 0 bridgehead atoms. The van der Waals surface area contributed by atoms with Crippen LogP contribution in [0, 0.1) is 18.7 Å². The molecule has 1 amide bonds. The van der Waals surface area contributed by atoms with Gasteiger partial charge >= 0.3 is 5.97 Å². The zero-order chi connectivity index (χ0) is 14.0. The van der Waals surface area contributed by atoms with E-state index in [1.807, 2.05) is 0 Å². The van der Waals surface area contributed by atoms with Gasteiger partial charge in [0.25, 0.3) is 5.91 Å². The molecule has 1 saturated carbocycles.